The summed E-state index contributed by atoms with van der Waals surface area (Å²) in [4.78, 5) is 27.8. The molecule has 0 atom stereocenters. The van der Waals surface area contributed by atoms with Gasteiger partial charge in [0.2, 0.25) is 0 Å². The molecule has 19 heteroatoms. The molecule has 0 aliphatic carbocycles. The van der Waals surface area contributed by atoms with Crippen molar-refractivity contribution < 1.29 is 64.6 Å². The molecule has 0 fully saturated rings. The van der Waals surface area contributed by atoms with Crippen LogP contribution in [-0.4, -0.2) is 70.4 Å². The molecule has 8 rings (SSSR count). The Kier molecular flexibility index (Phi) is 21.5. The van der Waals surface area contributed by atoms with E-state index in [1.54, 1.807) is 94.4 Å². The van der Waals surface area contributed by atoms with Crippen molar-refractivity contribution in [3.63, 3.8) is 0 Å². The second-order valence-electron chi connectivity index (χ2n) is 13.5. The molecule has 2 amide bonds. The Morgan fingerprint density at radius 2 is 1.20 bits per heavy atom. The fraction of sp³-hybridized carbons (Fsp3) is 0.149. The summed E-state index contributed by atoms with van der Waals surface area (Å²) in [6.07, 6.45) is 3.28. The van der Waals surface area contributed by atoms with Crippen LogP contribution in [0.15, 0.2) is 143 Å². The van der Waals surface area contributed by atoms with Crippen molar-refractivity contribution in [2.24, 2.45) is 0 Å². The summed E-state index contributed by atoms with van der Waals surface area (Å²) in [5.74, 6) is -1.06. The molecule has 2 heterocycles. The van der Waals surface area contributed by atoms with Crippen molar-refractivity contribution in [1.82, 2.24) is 29.8 Å². The van der Waals surface area contributed by atoms with Gasteiger partial charge in [-0.2, -0.15) is 10.2 Å². The van der Waals surface area contributed by atoms with Crippen LogP contribution >= 0.6 is 66.7 Å². The third kappa shape index (κ3) is 14.1. The second-order valence-corrected chi connectivity index (χ2v) is 16.4. The smallest absolute Gasteiger partial charge is 1.00 e. The number of hydrogen-bond donors (Lipinski definition) is 1. The monoisotopic (exact) mass is 1100 g/mol. The van der Waals surface area contributed by atoms with Crippen molar-refractivity contribution >= 4 is 100 Å². The molecule has 0 saturated heterocycles. The zero-order chi connectivity index (χ0) is 47.8. The topological polar surface area (TPSA) is 104 Å². The molecular formula is C47H41Br2Cl3F3N6NaO4. The predicted octanol–water partition coefficient (Wildman–Crippen LogP) is 9.87. The predicted molar refractivity (Wildman–Crippen MR) is 259 cm³/mol. The van der Waals surface area contributed by atoms with Gasteiger partial charge in [0.05, 0.1) is 54.5 Å². The van der Waals surface area contributed by atoms with E-state index in [0.717, 1.165) is 36.8 Å². The van der Waals surface area contributed by atoms with Crippen LogP contribution in [0.3, 0.4) is 0 Å². The summed E-state index contributed by atoms with van der Waals surface area (Å²) >= 11 is 24.3. The molecule has 2 aromatic heterocycles. The molecule has 0 unspecified atom stereocenters. The molecule has 66 heavy (non-hydrogen) atoms. The Hall–Kier alpha value is -4.26. The molecule has 0 saturated carbocycles. The van der Waals surface area contributed by atoms with Gasteiger partial charge in [-0.15, -0.1) is 0 Å². The summed E-state index contributed by atoms with van der Waals surface area (Å²) in [6.45, 7) is 0.711. The van der Waals surface area contributed by atoms with Crippen molar-refractivity contribution in [2.45, 2.75) is 13.1 Å². The van der Waals surface area contributed by atoms with Gasteiger partial charge in [0.25, 0.3) is 11.8 Å². The number of carbonyl (C=O) groups excluding carboxylic acids is 2. The fourth-order valence-corrected chi connectivity index (χ4v) is 7.83. The van der Waals surface area contributed by atoms with Gasteiger partial charge in [-0.05, 0) is 108 Å². The number of carbonyl (C=O) groups is 2. The standard InChI is InChI=1S/C23H18BrClFN3O2.C21H14BrClFN3O.C2H5ClO.CH3F.Na.H/c1-31-14-28(13-15-5-6-16(24)11-21(15)25)23(30)19-3-2-4-22-20(19)12-27-29(22)18-9-7-17(26)8-10-18;22-14-5-4-13(19(23)10-14)11-25-21(28)17-2-1-3-20-18(17)12-26-27(20)16-8-6-15(24)7-9-16;1-4-2-3;1-2;;/h2-12H,13-14H2,1H3;1-10,12H,11H2,(H,25,28);2H2,1H3;1H3;;/q;;;;+1;-1/i;;;1D;;. The number of halogens is 8. The molecule has 0 radical (unpaired) electrons. The van der Waals surface area contributed by atoms with Gasteiger partial charge < -0.3 is 21.1 Å². The van der Waals surface area contributed by atoms with Crippen molar-refractivity contribution in [3.05, 3.63) is 187 Å². The Morgan fingerprint density at radius 3 is 1.65 bits per heavy atom. The number of amides is 2. The molecule has 340 valence electrons. The first-order valence-electron chi connectivity index (χ1n) is 19.8. The van der Waals surface area contributed by atoms with E-state index in [2.05, 4.69) is 52.1 Å². The van der Waals surface area contributed by atoms with Crippen LogP contribution < -0.4 is 34.9 Å². The molecule has 0 spiro atoms. The molecular weight excluding hydrogens is 1060 g/mol. The van der Waals surface area contributed by atoms with Crippen LogP contribution in [0.2, 0.25) is 10.0 Å². The number of aromatic nitrogens is 4. The van der Waals surface area contributed by atoms with E-state index in [-0.39, 0.29) is 61.2 Å². The van der Waals surface area contributed by atoms with Crippen LogP contribution in [0.5, 0.6) is 0 Å². The minimum Gasteiger partial charge on any atom is -1.00 e. The first kappa shape index (κ1) is 52.7. The molecule has 0 bridgehead atoms. The molecule has 1 N–H and O–H groups in total. The largest absolute Gasteiger partial charge is 1.00 e. The maximum Gasteiger partial charge on any atom is 1.00 e. The van der Waals surface area contributed by atoms with Gasteiger partial charge in [-0.1, -0.05) is 90.9 Å². The molecule has 10 nitrogen and oxygen atoms in total. The normalized spacial score (nSPS) is 10.6. The number of nitrogens with zero attached hydrogens (tertiary/aromatic N) is 5. The Labute approximate surface area is 436 Å². The summed E-state index contributed by atoms with van der Waals surface area (Å²) < 4.78 is 56.7. The average Bonchev–Trinajstić information content (AvgIpc) is 3.96. The quantitative estimate of drug-likeness (QED) is 0.0787. The van der Waals surface area contributed by atoms with E-state index in [1.165, 1.54) is 31.4 Å². The first-order chi connectivity index (χ1) is 31.8. The number of methoxy groups -OCH3 is 2. The van der Waals surface area contributed by atoms with Gasteiger partial charge in [-0.25, -0.2) is 18.1 Å². The number of rotatable bonds is 11. The van der Waals surface area contributed by atoms with Crippen molar-refractivity contribution in [2.75, 3.05) is 34.2 Å². The zero-order valence-corrected chi connectivity index (χ0v) is 43.1. The van der Waals surface area contributed by atoms with Gasteiger partial charge in [0, 0.05) is 57.1 Å². The first-order valence-corrected chi connectivity index (χ1v) is 22.0. The van der Waals surface area contributed by atoms with Crippen molar-refractivity contribution in [3.8, 4) is 11.4 Å². The van der Waals surface area contributed by atoms with E-state index in [0.29, 0.717) is 56.8 Å². The third-order valence-electron chi connectivity index (χ3n) is 9.36. The maximum atomic E-state index is 13.4. The van der Waals surface area contributed by atoms with Crippen molar-refractivity contribution in [1.29, 1.82) is 0 Å². The van der Waals surface area contributed by atoms with E-state index < -0.39 is 7.15 Å². The minimum atomic E-state index is -1.00. The van der Waals surface area contributed by atoms with E-state index in [1.807, 2.05) is 36.4 Å². The van der Waals surface area contributed by atoms with Crippen LogP contribution in [0.1, 0.15) is 34.6 Å². The number of benzene rings is 6. The van der Waals surface area contributed by atoms with E-state index >= 15 is 0 Å². The summed E-state index contributed by atoms with van der Waals surface area (Å²) in [7, 11) is 2.09. The van der Waals surface area contributed by atoms with E-state index in [4.69, 9.17) is 40.9 Å². The minimum absolute atomic E-state index is 0. The number of ether oxygens (including phenoxy) is 2. The molecule has 0 aliphatic rings. The van der Waals surface area contributed by atoms with Gasteiger partial charge >= 0.3 is 29.6 Å². The number of hydrogen-bond acceptors (Lipinski definition) is 6. The number of nitrogens with one attached hydrogen (secondary N) is 1. The Bertz CT molecular complexity index is 2890. The average molecular weight is 1100 g/mol. The number of alkyl halides is 2. The third-order valence-corrected chi connectivity index (χ3v) is 11.3. The summed E-state index contributed by atoms with van der Waals surface area (Å²) in [5, 5.41) is 14.2. The van der Waals surface area contributed by atoms with Crippen LogP contribution in [0, 0.1) is 11.6 Å². The van der Waals surface area contributed by atoms with Gasteiger partial charge in [-0.3, -0.25) is 14.0 Å². The Balaban J connectivity index is 0.000000310. The van der Waals surface area contributed by atoms with E-state index in [9.17, 15) is 22.8 Å². The van der Waals surface area contributed by atoms with Crippen LogP contribution in [0.4, 0.5) is 13.2 Å². The van der Waals surface area contributed by atoms with Gasteiger partial charge in [0.15, 0.2) is 0 Å². The number of fused-ring (bicyclic) bond motifs is 2. The van der Waals surface area contributed by atoms with Gasteiger partial charge in [0.1, 0.15) is 24.4 Å². The second kappa shape index (κ2) is 26.9. The summed E-state index contributed by atoms with van der Waals surface area (Å²) in [6, 6.07) is 34.3. The maximum absolute atomic E-state index is 13.4. The SMILES string of the molecule is COCCl.COCN(Cc1ccc(Br)cc1Cl)C(=O)c1cccc2c1cnn2-c1ccc(F)cc1.O=C(NCc1ccc(Br)cc1Cl)c1cccc2c1cnn2-c1ccc(F)cc1.[2H]CF.[H-].[Na+]. The molecule has 8 aromatic rings. The zero-order valence-electron chi connectivity index (χ0n) is 37.6. The summed E-state index contributed by atoms with van der Waals surface area (Å²) in [5.41, 5.74) is 5.58. The van der Waals surface area contributed by atoms with Crippen LogP contribution in [0.25, 0.3) is 33.2 Å². The fourth-order valence-electron chi connectivity index (χ4n) is 6.36. The molecule has 6 aromatic carbocycles. The molecule has 0 aliphatic heterocycles. The Morgan fingerprint density at radius 1 is 0.742 bits per heavy atom. The van der Waals surface area contributed by atoms with Crippen LogP contribution in [-0.2, 0) is 22.6 Å².